The second kappa shape index (κ2) is 9.19. The number of ether oxygens (including phenoxy) is 1. The first-order valence-corrected chi connectivity index (χ1v) is 10.2. The average molecular weight is 485 g/mol. The summed E-state index contributed by atoms with van der Waals surface area (Å²) in [6, 6.07) is 10.4. The summed E-state index contributed by atoms with van der Waals surface area (Å²) in [7, 11) is 1.29. The van der Waals surface area contributed by atoms with Gasteiger partial charge in [0.1, 0.15) is 11.6 Å². The number of nitrogens with one attached hydrogen (secondary N) is 4. The van der Waals surface area contributed by atoms with E-state index >= 15 is 0 Å². The molecule has 3 aromatic rings. The lowest BCUT2D eigenvalue weighted by Crippen LogP contribution is -2.36. The number of hydrogen-bond acceptors (Lipinski definition) is 8. The van der Waals surface area contributed by atoms with E-state index in [1.165, 1.54) is 19.2 Å². The molecular weight excluding hydrogens is 468 g/mol. The van der Waals surface area contributed by atoms with E-state index in [1.807, 2.05) is 0 Å². The van der Waals surface area contributed by atoms with Crippen LogP contribution in [0.15, 0.2) is 47.3 Å². The van der Waals surface area contributed by atoms with E-state index in [0.29, 0.717) is 10.7 Å². The number of methoxy groups -OCH3 is 1. The number of non-ortho nitro benzene ring substituents is 1. The molecule has 0 bridgehead atoms. The molecule has 0 spiro atoms. The number of hydrogen-bond donors (Lipinski definition) is 4. The van der Waals surface area contributed by atoms with Crippen LogP contribution in [0.1, 0.15) is 17.9 Å². The largest absolute Gasteiger partial charge is 0.494 e. The zero-order valence-corrected chi connectivity index (χ0v) is 18.3. The first-order valence-electron chi connectivity index (χ1n) is 9.85. The minimum Gasteiger partial charge on any atom is -0.494 e. The van der Waals surface area contributed by atoms with E-state index < -0.39 is 28.2 Å². The maximum Gasteiger partial charge on any atom is 0.273 e. The molecule has 12 nitrogen and oxygen atoms in total. The predicted octanol–water partition coefficient (Wildman–Crippen LogP) is 3.15. The van der Waals surface area contributed by atoms with Gasteiger partial charge < -0.3 is 20.7 Å². The highest BCUT2D eigenvalue weighted by atomic mass is 35.5. The molecular formula is C21H17ClN6O6. The van der Waals surface area contributed by atoms with Crippen LogP contribution in [0.3, 0.4) is 0 Å². The van der Waals surface area contributed by atoms with E-state index in [2.05, 4.69) is 25.9 Å². The minimum atomic E-state index is -1.15. The molecule has 2 amide bonds. The second-order valence-corrected chi connectivity index (χ2v) is 7.68. The van der Waals surface area contributed by atoms with Gasteiger partial charge in [-0.25, -0.2) is 0 Å². The molecule has 13 heteroatoms. The molecule has 34 heavy (non-hydrogen) atoms. The van der Waals surface area contributed by atoms with Gasteiger partial charge in [0.2, 0.25) is 17.8 Å². The fourth-order valence-corrected chi connectivity index (χ4v) is 3.66. The lowest BCUT2D eigenvalue weighted by molar-refractivity contribution is -0.384. The first-order chi connectivity index (χ1) is 16.2. The molecule has 0 fully saturated rings. The van der Waals surface area contributed by atoms with Gasteiger partial charge in [-0.3, -0.25) is 29.5 Å². The molecule has 0 aliphatic carbocycles. The number of aromatic amines is 1. The number of carbonyl (C=O) groups is 2. The number of carbonyl (C=O) groups excluding carboxylic acids is 2. The van der Waals surface area contributed by atoms with Gasteiger partial charge in [-0.2, -0.15) is 4.98 Å². The van der Waals surface area contributed by atoms with E-state index in [-0.39, 0.29) is 40.9 Å². The summed E-state index contributed by atoms with van der Waals surface area (Å²) in [4.78, 5) is 55.4. The van der Waals surface area contributed by atoms with Crippen molar-refractivity contribution in [2.75, 3.05) is 23.1 Å². The van der Waals surface area contributed by atoms with Gasteiger partial charge in [0, 0.05) is 23.2 Å². The van der Waals surface area contributed by atoms with E-state index in [1.54, 1.807) is 24.3 Å². The Morgan fingerprint density at radius 2 is 2.06 bits per heavy atom. The van der Waals surface area contributed by atoms with Crippen molar-refractivity contribution in [2.45, 2.75) is 12.3 Å². The van der Waals surface area contributed by atoms with E-state index in [9.17, 15) is 24.5 Å². The Bertz CT molecular complexity index is 1370. The van der Waals surface area contributed by atoms with Crippen molar-refractivity contribution in [3.63, 3.8) is 0 Å². The monoisotopic (exact) mass is 484 g/mol. The summed E-state index contributed by atoms with van der Waals surface area (Å²) in [6.07, 6.45) is -0.292. The van der Waals surface area contributed by atoms with Crippen molar-refractivity contribution >= 4 is 52.2 Å². The zero-order valence-electron chi connectivity index (χ0n) is 17.5. The summed E-state index contributed by atoms with van der Waals surface area (Å²) in [5.41, 5.74) is -0.163. The number of fused-ring (bicyclic) bond motifs is 1. The normalized spacial score (nSPS) is 14.5. The van der Waals surface area contributed by atoms with Crippen molar-refractivity contribution in [1.82, 2.24) is 9.97 Å². The van der Waals surface area contributed by atoms with Gasteiger partial charge in [-0.15, -0.1) is 0 Å². The number of nitro benzene ring substituents is 1. The molecule has 2 heterocycles. The fraction of sp³-hybridized carbons (Fsp3) is 0.143. The Kier molecular flexibility index (Phi) is 6.15. The van der Waals surface area contributed by atoms with Crippen LogP contribution in [0, 0.1) is 10.1 Å². The van der Waals surface area contributed by atoms with Gasteiger partial charge >= 0.3 is 0 Å². The van der Waals surface area contributed by atoms with Crippen LogP contribution in [-0.4, -0.2) is 33.8 Å². The summed E-state index contributed by atoms with van der Waals surface area (Å²) >= 11 is 5.97. The zero-order chi connectivity index (χ0) is 24.4. The molecule has 2 aromatic carbocycles. The van der Waals surface area contributed by atoms with Crippen LogP contribution in [0.25, 0.3) is 0 Å². The maximum absolute atomic E-state index is 13.0. The van der Waals surface area contributed by atoms with Gasteiger partial charge in [-0.05, 0) is 24.3 Å². The Labute approximate surface area is 196 Å². The first kappa shape index (κ1) is 22.7. The molecule has 0 saturated heterocycles. The third-order valence-corrected chi connectivity index (χ3v) is 5.24. The Morgan fingerprint density at radius 1 is 1.26 bits per heavy atom. The molecule has 0 unspecified atom stereocenters. The standard InChI is InChI=1S/C21H17ClN6O6/c1-34-15-8-12(28(32)33)5-6-14(15)24-19(30)13-9-16(29)25-18-17(13)20(31)27-21(26-18)23-11-4-2-3-10(22)7-11/h2-8,13H,9H2,1H3,(H,24,30)(H3,23,25,26,27,29,31)/t13-/m0/s1. The summed E-state index contributed by atoms with van der Waals surface area (Å²) in [5.74, 6) is -2.29. The highest BCUT2D eigenvalue weighted by Gasteiger charge is 2.35. The number of benzene rings is 2. The predicted molar refractivity (Wildman–Crippen MR) is 124 cm³/mol. The Morgan fingerprint density at radius 3 is 2.76 bits per heavy atom. The number of nitro groups is 1. The topological polar surface area (TPSA) is 168 Å². The number of aromatic nitrogens is 2. The minimum absolute atomic E-state index is 0.0189. The van der Waals surface area contributed by atoms with Crippen molar-refractivity contribution in [3.8, 4) is 5.75 Å². The lowest BCUT2D eigenvalue weighted by Gasteiger charge is -2.24. The Balaban J connectivity index is 1.64. The number of anilines is 4. The molecule has 1 atom stereocenters. The number of H-pyrrole nitrogens is 1. The molecule has 1 aliphatic rings. The molecule has 174 valence electrons. The van der Waals surface area contributed by atoms with Gasteiger partial charge in [-0.1, -0.05) is 17.7 Å². The van der Waals surface area contributed by atoms with Crippen LogP contribution in [0.2, 0.25) is 5.02 Å². The fourth-order valence-electron chi connectivity index (χ4n) is 3.47. The lowest BCUT2D eigenvalue weighted by atomic mass is 9.92. The molecule has 0 radical (unpaired) electrons. The van der Waals surface area contributed by atoms with E-state index in [4.69, 9.17) is 16.3 Å². The van der Waals surface area contributed by atoms with Crippen LogP contribution in [-0.2, 0) is 9.59 Å². The molecule has 0 saturated carbocycles. The summed E-state index contributed by atoms with van der Waals surface area (Å²) in [6.45, 7) is 0. The van der Waals surface area contributed by atoms with Crippen LogP contribution >= 0.6 is 11.6 Å². The van der Waals surface area contributed by atoms with Crippen molar-refractivity contribution in [1.29, 1.82) is 0 Å². The highest BCUT2D eigenvalue weighted by molar-refractivity contribution is 6.30. The Hall–Kier alpha value is -4.45. The number of halogens is 1. The molecule has 4 rings (SSSR count). The molecule has 4 N–H and O–H groups in total. The van der Waals surface area contributed by atoms with Gasteiger partial charge in [0.15, 0.2) is 0 Å². The van der Waals surface area contributed by atoms with Crippen LogP contribution in [0.5, 0.6) is 5.75 Å². The van der Waals surface area contributed by atoms with Gasteiger partial charge in [0.25, 0.3) is 11.2 Å². The smallest absolute Gasteiger partial charge is 0.273 e. The highest BCUT2D eigenvalue weighted by Crippen LogP contribution is 2.33. The number of amides is 2. The third kappa shape index (κ3) is 4.66. The second-order valence-electron chi connectivity index (χ2n) is 7.25. The SMILES string of the molecule is COc1cc([N+](=O)[O-])ccc1NC(=O)[C@H]1CC(=O)Nc2nc(Nc3cccc(Cl)c3)[nH]c(=O)c21. The van der Waals surface area contributed by atoms with Crippen molar-refractivity contribution in [3.05, 3.63) is 73.5 Å². The van der Waals surface area contributed by atoms with E-state index in [0.717, 1.165) is 6.07 Å². The number of rotatable bonds is 6. The third-order valence-electron chi connectivity index (χ3n) is 5.01. The number of nitrogens with zero attached hydrogens (tertiary/aromatic N) is 2. The molecule has 1 aromatic heterocycles. The van der Waals surface area contributed by atoms with Crippen molar-refractivity contribution in [2.24, 2.45) is 0 Å². The quantitative estimate of drug-likeness (QED) is 0.305. The summed E-state index contributed by atoms with van der Waals surface area (Å²) < 4.78 is 5.12. The summed E-state index contributed by atoms with van der Waals surface area (Å²) in [5, 5.41) is 19.4. The molecule has 1 aliphatic heterocycles. The maximum atomic E-state index is 13.0. The van der Waals surface area contributed by atoms with Gasteiger partial charge in [0.05, 0.1) is 35.3 Å². The van der Waals surface area contributed by atoms with Crippen molar-refractivity contribution < 1.29 is 19.2 Å². The van der Waals surface area contributed by atoms with Crippen LogP contribution < -0.4 is 26.2 Å². The average Bonchev–Trinajstić information content (AvgIpc) is 2.78. The van der Waals surface area contributed by atoms with Crippen LogP contribution in [0.4, 0.5) is 28.8 Å².